The van der Waals surface area contributed by atoms with Gasteiger partial charge in [-0.2, -0.15) is 0 Å². The van der Waals surface area contributed by atoms with Crippen LogP contribution in [0.25, 0.3) is 0 Å². The fraction of sp³-hybridized carbons (Fsp3) is 0.846. The molecule has 2 unspecified atom stereocenters. The molecule has 4 N–H and O–H groups in total. The summed E-state index contributed by atoms with van der Waals surface area (Å²) in [6.45, 7) is 8.00. The summed E-state index contributed by atoms with van der Waals surface area (Å²) in [4.78, 5) is 22.6. The summed E-state index contributed by atoms with van der Waals surface area (Å²) in [7, 11) is 0. The van der Waals surface area contributed by atoms with E-state index in [1.165, 1.54) is 0 Å². The molecule has 0 aliphatic rings. The Morgan fingerprint density at radius 1 is 1.33 bits per heavy atom. The third kappa shape index (κ3) is 8.06. The maximum absolute atomic E-state index is 11.8. The lowest BCUT2D eigenvalue weighted by Crippen LogP contribution is -2.47. The zero-order chi connectivity index (χ0) is 14.3. The molecule has 0 bridgehead atoms. The molecule has 5 nitrogen and oxygen atoms in total. The molecule has 106 valence electrons. The van der Waals surface area contributed by atoms with Gasteiger partial charge in [-0.15, -0.1) is 0 Å². The van der Waals surface area contributed by atoms with E-state index < -0.39 is 12.0 Å². The SMILES string of the molecule is CCCC(N)C(=O)NC(CC(=O)O)CC(C)(C)C. The molecular weight excluding hydrogens is 232 g/mol. The first-order valence-corrected chi connectivity index (χ1v) is 6.43. The Balaban J connectivity index is 4.48. The molecule has 0 aliphatic carbocycles. The number of hydrogen-bond acceptors (Lipinski definition) is 3. The molecule has 0 radical (unpaired) electrons. The molecule has 0 aromatic carbocycles. The number of carboxylic acid groups (broad SMARTS) is 1. The van der Waals surface area contributed by atoms with Gasteiger partial charge in [0.25, 0.3) is 0 Å². The fourth-order valence-electron chi connectivity index (χ4n) is 1.87. The second kappa shape index (κ2) is 7.36. The fourth-order valence-corrected chi connectivity index (χ4v) is 1.87. The first kappa shape index (κ1) is 16.9. The molecule has 0 saturated carbocycles. The van der Waals surface area contributed by atoms with Crippen LogP contribution in [-0.4, -0.2) is 29.1 Å². The van der Waals surface area contributed by atoms with Crippen LogP contribution in [0.2, 0.25) is 0 Å². The van der Waals surface area contributed by atoms with E-state index in [-0.39, 0.29) is 23.8 Å². The van der Waals surface area contributed by atoms with Crippen LogP contribution in [0, 0.1) is 5.41 Å². The average molecular weight is 258 g/mol. The van der Waals surface area contributed by atoms with Crippen molar-refractivity contribution in [3.63, 3.8) is 0 Å². The van der Waals surface area contributed by atoms with E-state index >= 15 is 0 Å². The smallest absolute Gasteiger partial charge is 0.305 e. The molecule has 1 amide bonds. The average Bonchev–Trinajstić information content (AvgIpc) is 2.13. The maximum atomic E-state index is 11.8. The quantitative estimate of drug-likeness (QED) is 0.645. The van der Waals surface area contributed by atoms with Gasteiger partial charge in [0.1, 0.15) is 0 Å². The summed E-state index contributed by atoms with van der Waals surface area (Å²) in [5.74, 6) is -1.17. The van der Waals surface area contributed by atoms with Crippen LogP contribution in [0.3, 0.4) is 0 Å². The lowest BCUT2D eigenvalue weighted by atomic mass is 9.87. The molecule has 2 atom stereocenters. The van der Waals surface area contributed by atoms with E-state index in [4.69, 9.17) is 10.8 Å². The molecule has 0 fully saturated rings. The molecule has 0 aromatic rings. The Bertz CT molecular complexity index is 284. The number of carbonyl (C=O) groups is 2. The monoisotopic (exact) mass is 258 g/mol. The molecule has 5 heteroatoms. The highest BCUT2D eigenvalue weighted by Crippen LogP contribution is 2.22. The van der Waals surface area contributed by atoms with E-state index in [0.29, 0.717) is 12.8 Å². The lowest BCUT2D eigenvalue weighted by Gasteiger charge is -2.26. The maximum Gasteiger partial charge on any atom is 0.305 e. The molecule has 0 spiro atoms. The number of aliphatic carboxylic acids is 1. The molecular formula is C13H26N2O3. The number of nitrogens with one attached hydrogen (secondary N) is 1. The number of carboxylic acids is 1. The second-order valence-electron chi connectivity index (χ2n) is 5.96. The molecule has 0 rings (SSSR count). The third-order valence-electron chi connectivity index (χ3n) is 2.56. The van der Waals surface area contributed by atoms with Crippen molar-refractivity contribution in [3.8, 4) is 0 Å². The zero-order valence-electron chi connectivity index (χ0n) is 11.8. The Labute approximate surface area is 109 Å². The van der Waals surface area contributed by atoms with Crippen molar-refractivity contribution < 1.29 is 14.7 Å². The summed E-state index contributed by atoms with van der Waals surface area (Å²) >= 11 is 0. The molecule has 0 aromatic heterocycles. The van der Waals surface area contributed by atoms with E-state index in [9.17, 15) is 9.59 Å². The van der Waals surface area contributed by atoms with Crippen molar-refractivity contribution >= 4 is 11.9 Å². The number of carbonyl (C=O) groups excluding carboxylic acids is 1. The van der Waals surface area contributed by atoms with Crippen molar-refractivity contribution in [2.24, 2.45) is 11.1 Å². The van der Waals surface area contributed by atoms with Crippen LogP contribution in [0.5, 0.6) is 0 Å². The van der Waals surface area contributed by atoms with Crippen LogP contribution in [-0.2, 0) is 9.59 Å². The number of hydrogen-bond donors (Lipinski definition) is 3. The van der Waals surface area contributed by atoms with Crippen LogP contribution < -0.4 is 11.1 Å². The highest BCUT2D eigenvalue weighted by Gasteiger charge is 2.24. The van der Waals surface area contributed by atoms with Gasteiger partial charge in [0, 0.05) is 6.04 Å². The predicted octanol–water partition coefficient (Wildman–Crippen LogP) is 1.51. The topological polar surface area (TPSA) is 92.4 Å². The van der Waals surface area contributed by atoms with Crippen LogP contribution >= 0.6 is 0 Å². The highest BCUT2D eigenvalue weighted by atomic mass is 16.4. The van der Waals surface area contributed by atoms with E-state index in [0.717, 1.165) is 6.42 Å². The van der Waals surface area contributed by atoms with Gasteiger partial charge in [-0.05, 0) is 18.3 Å². The van der Waals surface area contributed by atoms with Gasteiger partial charge >= 0.3 is 5.97 Å². The van der Waals surface area contributed by atoms with Crippen molar-refractivity contribution in [2.75, 3.05) is 0 Å². The van der Waals surface area contributed by atoms with Gasteiger partial charge in [-0.3, -0.25) is 9.59 Å². The third-order valence-corrected chi connectivity index (χ3v) is 2.56. The Kier molecular flexibility index (Phi) is 6.91. The van der Waals surface area contributed by atoms with Gasteiger partial charge < -0.3 is 16.2 Å². The summed E-state index contributed by atoms with van der Waals surface area (Å²) in [6, 6.07) is -0.913. The van der Waals surface area contributed by atoms with Crippen LogP contribution in [0.15, 0.2) is 0 Å². The van der Waals surface area contributed by atoms with Gasteiger partial charge in [-0.25, -0.2) is 0 Å². The van der Waals surface area contributed by atoms with Crippen molar-refractivity contribution in [1.82, 2.24) is 5.32 Å². The number of rotatable bonds is 7. The minimum Gasteiger partial charge on any atom is -0.481 e. The largest absolute Gasteiger partial charge is 0.481 e. The standard InChI is InChI=1S/C13H26N2O3/c1-5-6-10(14)12(18)15-9(7-11(16)17)8-13(2,3)4/h9-10H,5-8,14H2,1-4H3,(H,15,18)(H,16,17). The first-order valence-electron chi connectivity index (χ1n) is 6.43. The van der Waals surface area contributed by atoms with Crippen LogP contribution in [0.4, 0.5) is 0 Å². The van der Waals surface area contributed by atoms with Gasteiger partial charge in [0.2, 0.25) is 5.91 Å². The molecule has 0 saturated heterocycles. The van der Waals surface area contributed by atoms with E-state index in [1.807, 2.05) is 27.7 Å². The summed E-state index contributed by atoms with van der Waals surface area (Å²) in [5, 5.41) is 11.6. The second-order valence-corrected chi connectivity index (χ2v) is 5.96. The van der Waals surface area contributed by atoms with E-state index in [2.05, 4.69) is 5.32 Å². The summed E-state index contributed by atoms with van der Waals surface area (Å²) in [5.41, 5.74) is 5.67. The van der Waals surface area contributed by atoms with Crippen molar-refractivity contribution in [2.45, 2.75) is 65.5 Å². The van der Waals surface area contributed by atoms with E-state index in [1.54, 1.807) is 0 Å². The Hall–Kier alpha value is -1.10. The van der Waals surface area contributed by atoms with Crippen molar-refractivity contribution in [1.29, 1.82) is 0 Å². The van der Waals surface area contributed by atoms with Gasteiger partial charge in [-0.1, -0.05) is 34.1 Å². The summed E-state index contributed by atoms with van der Waals surface area (Å²) in [6.07, 6.45) is 1.99. The number of nitrogens with two attached hydrogens (primary N) is 1. The molecule has 0 aliphatic heterocycles. The van der Waals surface area contributed by atoms with Crippen LogP contribution in [0.1, 0.15) is 53.4 Å². The Morgan fingerprint density at radius 3 is 2.28 bits per heavy atom. The predicted molar refractivity (Wildman–Crippen MR) is 71.1 cm³/mol. The highest BCUT2D eigenvalue weighted by molar-refractivity contribution is 5.82. The van der Waals surface area contributed by atoms with Gasteiger partial charge in [0.15, 0.2) is 0 Å². The summed E-state index contributed by atoms with van der Waals surface area (Å²) < 4.78 is 0. The number of amides is 1. The molecule has 18 heavy (non-hydrogen) atoms. The normalized spacial score (nSPS) is 14.9. The minimum atomic E-state index is -0.909. The zero-order valence-corrected chi connectivity index (χ0v) is 11.8. The minimum absolute atomic E-state index is 0.0394. The Morgan fingerprint density at radius 2 is 1.89 bits per heavy atom. The lowest BCUT2D eigenvalue weighted by molar-refractivity contribution is -0.138. The van der Waals surface area contributed by atoms with Crippen molar-refractivity contribution in [3.05, 3.63) is 0 Å². The van der Waals surface area contributed by atoms with Gasteiger partial charge in [0.05, 0.1) is 12.5 Å². The first-order chi connectivity index (χ1) is 8.15. The molecule has 0 heterocycles.